The Morgan fingerprint density at radius 1 is 1.53 bits per heavy atom. The maximum Gasteiger partial charge on any atom is 0.235 e. The van der Waals surface area contributed by atoms with Gasteiger partial charge in [-0.3, -0.25) is 4.79 Å². The molecular weight excluding hydrogens is 327 g/mol. The Labute approximate surface area is 130 Å². The van der Waals surface area contributed by atoms with Gasteiger partial charge in [0.05, 0.1) is 5.41 Å². The molecule has 2 rings (SSSR count). The highest BCUT2D eigenvalue weighted by atomic mass is 35.5. The first-order valence-electron chi connectivity index (χ1n) is 5.61. The third-order valence-electron chi connectivity index (χ3n) is 2.98. The summed E-state index contributed by atoms with van der Waals surface area (Å²) in [7, 11) is 0. The molecule has 1 saturated carbocycles. The molecule has 5 nitrogen and oxygen atoms in total. The summed E-state index contributed by atoms with van der Waals surface area (Å²) in [6.07, 6.45) is 1.22. The number of rotatable bonds is 3. The van der Waals surface area contributed by atoms with Crippen LogP contribution >= 0.6 is 46.8 Å². The number of carbonyl (C=O) groups excluding carboxylic acids is 1. The SMILES string of the molecule is CCc1nnc(NC(=S)NC(=O)[C@@]2(C)CC2(Cl)Cl)s1. The Kier molecular flexibility index (Phi) is 4.02. The van der Waals surface area contributed by atoms with Crippen LogP contribution in [0.3, 0.4) is 0 Å². The van der Waals surface area contributed by atoms with Crippen LogP contribution in [0.4, 0.5) is 5.13 Å². The van der Waals surface area contributed by atoms with Crippen LogP contribution in [0.25, 0.3) is 0 Å². The van der Waals surface area contributed by atoms with Gasteiger partial charge in [-0.15, -0.1) is 33.4 Å². The molecule has 0 radical (unpaired) electrons. The van der Waals surface area contributed by atoms with Crippen LogP contribution in [0.5, 0.6) is 0 Å². The fourth-order valence-electron chi connectivity index (χ4n) is 1.46. The lowest BCUT2D eigenvalue weighted by molar-refractivity contribution is -0.124. The van der Waals surface area contributed by atoms with E-state index in [1.165, 1.54) is 11.3 Å². The van der Waals surface area contributed by atoms with Gasteiger partial charge in [0.25, 0.3) is 0 Å². The zero-order chi connectivity index (χ0) is 14.3. The van der Waals surface area contributed by atoms with E-state index in [2.05, 4.69) is 20.8 Å². The van der Waals surface area contributed by atoms with Crippen LogP contribution in [-0.2, 0) is 11.2 Å². The van der Waals surface area contributed by atoms with Gasteiger partial charge in [0.15, 0.2) is 5.11 Å². The molecule has 2 N–H and O–H groups in total. The molecule has 1 aromatic heterocycles. The first kappa shape index (κ1) is 14.9. The van der Waals surface area contributed by atoms with E-state index in [1.54, 1.807) is 6.92 Å². The second-order valence-corrected chi connectivity index (χ2v) is 7.43. The van der Waals surface area contributed by atoms with Gasteiger partial charge in [0, 0.05) is 0 Å². The van der Waals surface area contributed by atoms with Crippen LogP contribution in [0.2, 0.25) is 0 Å². The van der Waals surface area contributed by atoms with Gasteiger partial charge in [-0.05, 0) is 32.0 Å². The van der Waals surface area contributed by atoms with Crippen molar-refractivity contribution >= 4 is 62.9 Å². The van der Waals surface area contributed by atoms with Crippen molar-refractivity contribution in [2.45, 2.75) is 31.0 Å². The summed E-state index contributed by atoms with van der Waals surface area (Å²) < 4.78 is -1.01. The minimum Gasteiger partial charge on any atom is -0.307 e. The summed E-state index contributed by atoms with van der Waals surface area (Å²) in [5.41, 5.74) is -0.794. The van der Waals surface area contributed by atoms with Gasteiger partial charge >= 0.3 is 0 Å². The fraction of sp³-hybridized carbons (Fsp3) is 0.600. The Hall–Kier alpha value is -0.500. The largest absolute Gasteiger partial charge is 0.307 e. The van der Waals surface area contributed by atoms with E-state index in [-0.39, 0.29) is 11.0 Å². The predicted molar refractivity (Wildman–Crippen MR) is 80.8 cm³/mol. The quantitative estimate of drug-likeness (QED) is 0.654. The molecule has 9 heteroatoms. The Morgan fingerprint density at radius 2 is 2.16 bits per heavy atom. The number of carbonyl (C=O) groups is 1. The minimum absolute atomic E-state index is 0.168. The predicted octanol–water partition coefficient (Wildman–Crippen LogP) is 2.50. The number of hydrogen-bond acceptors (Lipinski definition) is 5. The molecule has 1 aliphatic carbocycles. The van der Waals surface area contributed by atoms with Crippen LogP contribution in [0, 0.1) is 5.41 Å². The van der Waals surface area contributed by atoms with E-state index < -0.39 is 9.75 Å². The molecule has 1 aromatic rings. The van der Waals surface area contributed by atoms with Crippen LogP contribution < -0.4 is 10.6 Å². The second-order valence-electron chi connectivity index (χ2n) is 4.48. The van der Waals surface area contributed by atoms with Gasteiger partial charge in [-0.2, -0.15) is 0 Å². The van der Waals surface area contributed by atoms with Crippen molar-refractivity contribution in [3.05, 3.63) is 5.01 Å². The number of amides is 1. The molecule has 0 aromatic carbocycles. The minimum atomic E-state index is -1.01. The summed E-state index contributed by atoms with van der Waals surface area (Å²) in [5, 5.41) is 14.8. The molecule has 0 unspecified atom stereocenters. The molecular formula is C10H12Cl2N4OS2. The molecule has 1 heterocycles. The Morgan fingerprint density at radius 3 is 2.63 bits per heavy atom. The van der Waals surface area contributed by atoms with Crippen molar-refractivity contribution < 1.29 is 4.79 Å². The van der Waals surface area contributed by atoms with Crippen LogP contribution in [0.1, 0.15) is 25.3 Å². The van der Waals surface area contributed by atoms with Crippen LogP contribution in [-0.4, -0.2) is 25.6 Å². The lowest BCUT2D eigenvalue weighted by Gasteiger charge is -2.13. The van der Waals surface area contributed by atoms with Gasteiger partial charge in [-0.25, -0.2) is 0 Å². The monoisotopic (exact) mass is 338 g/mol. The van der Waals surface area contributed by atoms with Gasteiger partial charge in [-0.1, -0.05) is 18.3 Å². The topological polar surface area (TPSA) is 66.9 Å². The van der Waals surface area contributed by atoms with E-state index in [0.29, 0.717) is 11.6 Å². The van der Waals surface area contributed by atoms with E-state index in [1.807, 2.05) is 6.92 Å². The molecule has 0 bridgehead atoms. The smallest absolute Gasteiger partial charge is 0.235 e. The Bertz CT molecular complexity index is 533. The first-order valence-corrected chi connectivity index (χ1v) is 7.59. The van der Waals surface area contributed by atoms with E-state index >= 15 is 0 Å². The molecule has 1 aliphatic rings. The molecule has 0 aliphatic heterocycles. The average Bonchev–Trinajstić information content (AvgIpc) is 2.69. The number of aromatic nitrogens is 2. The third-order valence-corrected chi connectivity index (χ3v) is 5.26. The van der Waals surface area contributed by atoms with Crippen molar-refractivity contribution in [1.82, 2.24) is 15.5 Å². The van der Waals surface area contributed by atoms with Gasteiger partial charge < -0.3 is 10.6 Å². The lowest BCUT2D eigenvalue weighted by atomic mass is 10.1. The number of aryl methyl sites for hydroxylation is 1. The zero-order valence-electron chi connectivity index (χ0n) is 10.3. The van der Waals surface area contributed by atoms with E-state index in [4.69, 9.17) is 35.4 Å². The number of nitrogens with one attached hydrogen (secondary N) is 2. The lowest BCUT2D eigenvalue weighted by Crippen LogP contribution is -2.40. The highest BCUT2D eigenvalue weighted by molar-refractivity contribution is 7.80. The second kappa shape index (κ2) is 5.12. The molecule has 0 spiro atoms. The zero-order valence-corrected chi connectivity index (χ0v) is 13.4. The summed E-state index contributed by atoms with van der Waals surface area (Å²) in [4.78, 5) is 12.0. The molecule has 0 saturated heterocycles. The molecule has 104 valence electrons. The molecule has 19 heavy (non-hydrogen) atoms. The number of hydrogen-bond donors (Lipinski definition) is 2. The van der Waals surface area contributed by atoms with Crippen molar-refractivity contribution in [2.24, 2.45) is 5.41 Å². The van der Waals surface area contributed by atoms with E-state index in [9.17, 15) is 4.79 Å². The van der Waals surface area contributed by atoms with Crippen LogP contribution in [0.15, 0.2) is 0 Å². The number of nitrogens with zero attached hydrogens (tertiary/aromatic N) is 2. The van der Waals surface area contributed by atoms with E-state index in [0.717, 1.165) is 11.4 Å². The highest BCUT2D eigenvalue weighted by Crippen LogP contribution is 2.63. The van der Waals surface area contributed by atoms with Gasteiger partial charge in [0.1, 0.15) is 9.34 Å². The normalized spacial score (nSPS) is 23.8. The highest BCUT2D eigenvalue weighted by Gasteiger charge is 2.68. The third kappa shape index (κ3) is 2.99. The van der Waals surface area contributed by atoms with Crippen molar-refractivity contribution in [2.75, 3.05) is 5.32 Å². The summed E-state index contributed by atoms with van der Waals surface area (Å²) >= 11 is 18.3. The Balaban J connectivity index is 1.90. The number of anilines is 1. The summed E-state index contributed by atoms with van der Waals surface area (Å²) in [5.74, 6) is -0.296. The van der Waals surface area contributed by atoms with Crippen molar-refractivity contribution in [3.8, 4) is 0 Å². The molecule has 1 atom stereocenters. The number of halogens is 2. The number of alkyl halides is 2. The average molecular weight is 339 g/mol. The summed E-state index contributed by atoms with van der Waals surface area (Å²) in [6, 6.07) is 0. The van der Waals surface area contributed by atoms with Crippen molar-refractivity contribution in [3.63, 3.8) is 0 Å². The maximum absolute atomic E-state index is 12.0. The van der Waals surface area contributed by atoms with Crippen molar-refractivity contribution in [1.29, 1.82) is 0 Å². The molecule has 1 fully saturated rings. The fourth-order valence-corrected chi connectivity index (χ4v) is 3.11. The van der Waals surface area contributed by atoms with Gasteiger partial charge in [0.2, 0.25) is 11.0 Å². The standard InChI is InChI=1S/C10H12Cl2N4OS2/c1-3-5-15-16-8(19-5)14-7(18)13-6(17)9(2)4-10(9,11)12/h3-4H2,1-2H3,(H2,13,14,16,17,18)/t9-/m1/s1. The first-order chi connectivity index (χ1) is 8.78. The number of thiocarbonyl (C=S) groups is 1. The summed E-state index contributed by atoms with van der Waals surface area (Å²) in [6.45, 7) is 3.68. The maximum atomic E-state index is 12.0. The molecule has 1 amide bonds.